The van der Waals surface area contributed by atoms with Gasteiger partial charge >= 0.3 is 6.03 Å². The van der Waals surface area contributed by atoms with E-state index in [2.05, 4.69) is 15.3 Å². The van der Waals surface area contributed by atoms with Crippen LogP contribution in [-0.2, 0) is 13.0 Å². The minimum Gasteiger partial charge on any atom is -0.331 e. The van der Waals surface area contributed by atoms with Crippen LogP contribution in [0.3, 0.4) is 0 Å². The average molecular weight is 317 g/mol. The number of nitrogens with one attached hydrogen (secondary N) is 1. The van der Waals surface area contributed by atoms with E-state index in [0.717, 1.165) is 23.4 Å². The van der Waals surface area contributed by atoms with Crippen LogP contribution in [0.2, 0.25) is 5.02 Å². The van der Waals surface area contributed by atoms with E-state index in [9.17, 15) is 4.79 Å². The van der Waals surface area contributed by atoms with Crippen LogP contribution < -0.4 is 5.32 Å². The van der Waals surface area contributed by atoms with Crippen molar-refractivity contribution in [3.05, 3.63) is 58.6 Å². The molecule has 1 aromatic carbocycles. The molecule has 22 heavy (non-hydrogen) atoms. The van der Waals surface area contributed by atoms with Crippen molar-refractivity contribution in [2.24, 2.45) is 0 Å². The number of rotatable bonds is 2. The van der Waals surface area contributed by atoms with Crippen LogP contribution >= 0.6 is 11.6 Å². The second kappa shape index (κ2) is 6.32. The van der Waals surface area contributed by atoms with Gasteiger partial charge in [0.25, 0.3) is 0 Å². The number of hydrogen-bond acceptors (Lipinski definition) is 3. The third-order valence-electron chi connectivity index (χ3n) is 3.80. The van der Waals surface area contributed by atoms with Crippen molar-refractivity contribution in [1.29, 1.82) is 0 Å². The molecule has 1 atom stereocenters. The molecular weight excluding hydrogens is 300 g/mol. The highest BCUT2D eigenvalue weighted by Gasteiger charge is 2.23. The van der Waals surface area contributed by atoms with Gasteiger partial charge in [-0.25, -0.2) is 4.79 Å². The lowest BCUT2D eigenvalue weighted by Gasteiger charge is -2.29. The number of halogens is 1. The van der Waals surface area contributed by atoms with Crippen LogP contribution in [0.25, 0.3) is 0 Å². The standard InChI is InChI=1S/C16H17ClN4O/c1-11(12-3-2-4-13(17)9-12)20-16(22)21-8-5-14-15(10-21)19-7-6-18-14/h2-4,6-7,9,11H,5,8,10H2,1H3,(H,20,22)/t11-/m1/s1. The molecule has 6 heteroatoms. The van der Waals surface area contributed by atoms with E-state index in [4.69, 9.17) is 11.6 Å². The van der Waals surface area contributed by atoms with Gasteiger partial charge in [-0.05, 0) is 24.6 Å². The molecule has 0 bridgehead atoms. The number of hydrogen-bond donors (Lipinski definition) is 1. The third-order valence-corrected chi connectivity index (χ3v) is 4.03. The quantitative estimate of drug-likeness (QED) is 0.926. The van der Waals surface area contributed by atoms with Gasteiger partial charge in [-0.1, -0.05) is 23.7 Å². The Kier molecular flexibility index (Phi) is 4.24. The molecule has 0 spiro atoms. The number of fused-ring (bicyclic) bond motifs is 1. The van der Waals surface area contributed by atoms with E-state index in [0.29, 0.717) is 18.1 Å². The summed E-state index contributed by atoms with van der Waals surface area (Å²) in [5.41, 5.74) is 2.84. The number of carbonyl (C=O) groups is 1. The second-order valence-electron chi connectivity index (χ2n) is 5.35. The number of carbonyl (C=O) groups excluding carboxylic acids is 1. The Labute approximate surface area is 134 Å². The SMILES string of the molecule is C[C@@H](NC(=O)N1CCc2nccnc2C1)c1cccc(Cl)c1. The number of amides is 2. The zero-order valence-corrected chi connectivity index (χ0v) is 13.0. The second-order valence-corrected chi connectivity index (χ2v) is 5.78. The third kappa shape index (κ3) is 3.20. The predicted octanol–water partition coefficient (Wildman–Crippen LogP) is 2.96. The minimum absolute atomic E-state index is 0.0937. The molecule has 114 valence electrons. The summed E-state index contributed by atoms with van der Waals surface area (Å²) in [4.78, 5) is 22.8. The maximum Gasteiger partial charge on any atom is 0.318 e. The Morgan fingerprint density at radius 2 is 2.09 bits per heavy atom. The smallest absolute Gasteiger partial charge is 0.318 e. The molecule has 0 saturated carbocycles. The molecule has 5 nitrogen and oxygen atoms in total. The minimum atomic E-state index is -0.102. The van der Waals surface area contributed by atoms with Gasteiger partial charge in [0.1, 0.15) is 0 Å². The Hall–Kier alpha value is -2.14. The maximum atomic E-state index is 12.4. The lowest BCUT2D eigenvalue weighted by molar-refractivity contribution is 0.187. The van der Waals surface area contributed by atoms with E-state index >= 15 is 0 Å². The van der Waals surface area contributed by atoms with Crippen LogP contribution in [0.15, 0.2) is 36.7 Å². The zero-order chi connectivity index (χ0) is 15.5. The summed E-state index contributed by atoms with van der Waals surface area (Å²) in [6, 6.07) is 7.32. The van der Waals surface area contributed by atoms with Gasteiger partial charge in [0.05, 0.1) is 24.0 Å². The molecule has 2 aromatic rings. The highest BCUT2D eigenvalue weighted by Crippen LogP contribution is 2.19. The highest BCUT2D eigenvalue weighted by atomic mass is 35.5. The van der Waals surface area contributed by atoms with Crippen LogP contribution in [-0.4, -0.2) is 27.4 Å². The predicted molar refractivity (Wildman–Crippen MR) is 84.5 cm³/mol. The average Bonchev–Trinajstić information content (AvgIpc) is 2.54. The lowest BCUT2D eigenvalue weighted by atomic mass is 10.1. The summed E-state index contributed by atoms with van der Waals surface area (Å²) in [5.74, 6) is 0. The van der Waals surface area contributed by atoms with Crippen molar-refractivity contribution in [2.75, 3.05) is 6.54 Å². The van der Waals surface area contributed by atoms with E-state index in [-0.39, 0.29) is 12.1 Å². The fraction of sp³-hybridized carbons (Fsp3) is 0.312. The van der Waals surface area contributed by atoms with Gasteiger partial charge in [0.2, 0.25) is 0 Å². The van der Waals surface area contributed by atoms with Crippen molar-refractivity contribution >= 4 is 17.6 Å². The fourth-order valence-electron chi connectivity index (χ4n) is 2.55. The number of urea groups is 1. The molecule has 0 unspecified atom stereocenters. The van der Waals surface area contributed by atoms with Crippen LogP contribution in [0.5, 0.6) is 0 Å². The van der Waals surface area contributed by atoms with Gasteiger partial charge in [0, 0.05) is 30.4 Å². The molecule has 1 N–H and O–H groups in total. The lowest BCUT2D eigenvalue weighted by Crippen LogP contribution is -2.44. The first-order chi connectivity index (χ1) is 10.6. The summed E-state index contributed by atoms with van der Waals surface area (Å²) in [6.45, 7) is 3.10. The molecule has 1 aliphatic rings. The molecule has 1 aliphatic heterocycles. The zero-order valence-electron chi connectivity index (χ0n) is 12.3. The first kappa shape index (κ1) is 14.8. The van der Waals surface area contributed by atoms with E-state index in [1.807, 2.05) is 31.2 Å². The van der Waals surface area contributed by atoms with Crippen molar-refractivity contribution < 1.29 is 4.79 Å². The molecule has 0 fully saturated rings. The van der Waals surface area contributed by atoms with E-state index in [1.165, 1.54) is 0 Å². The molecule has 1 aromatic heterocycles. The van der Waals surface area contributed by atoms with Crippen molar-refractivity contribution in [2.45, 2.75) is 25.9 Å². The highest BCUT2D eigenvalue weighted by molar-refractivity contribution is 6.30. The molecule has 0 saturated heterocycles. The number of nitrogens with zero attached hydrogens (tertiary/aromatic N) is 3. The Bertz CT molecular complexity index is 691. The Morgan fingerprint density at radius 1 is 1.32 bits per heavy atom. The monoisotopic (exact) mass is 316 g/mol. The molecule has 2 amide bonds. The molecule has 3 rings (SSSR count). The topological polar surface area (TPSA) is 58.1 Å². The van der Waals surface area contributed by atoms with Crippen LogP contribution in [0.1, 0.15) is 29.9 Å². The normalized spacial score (nSPS) is 15.1. The fourth-order valence-corrected chi connectivity index (χ4v) is 2.75. The molecule has 0 aliphatic carbocycles. The largest absolute Gasteiger partial charge is 0.331 e. The van der Waals surface area contributed by atoms with Crippen LogP contribution in [0.4, 0.5) is 4.79 Å². The maximum absolute atomic E-state index is 12.4. The van der Waals surface area contributed by atoms with E-state index in [1.54, 1.807) is 17.3 Å². The summed E-state index contributed by atoms with van der Waals surface area (Å²) in [5, 5.41) is 3.67. The molecular formula is C16H17ClN4O. The Morgan fingerprint density at radius 3 is 2.86 bits per heavy atom. The van der Waals surface area contributed by atoms with Gasteiger partial charge in [-0.2, -0.15) is 0 Å². The van der Waals surface area contributed by atoms with E-state index < -0.39 is 0 Å². The summed E-state index contributed by atoms with van der Waals surface area (Å²) in [7, 11) is 0. The molecule has 0 radical (unpaired) electrons. The van der Waals surface area contributed by atoms with Crippen molar-refractivity contribution in [3.8, 4) is 0 Å². The van der Waals surface area contributed by atoms with Gasteiger partial charge in [0.15, 0.2) is 0 Å². The first-order valence-corrected chi connectivity index (χ1v) is 7.61. The van der Waals surface area contributed by atoms with Crippen LogP contribution in [0, 0.1) is 0 Å². The van der Waals surface area contributed by atoms with Crippen molar-refractivity contribution in [3.63, 3.8) is 0 Å². The number of benzene rings is 1. The molecule has 2 heterocycles. The van der Waals surface area contributed by atoms with Gasteiger partial charge in [-0.3, -0.25) is 9.97 Å². The van der Waals surface area contributed by atoms with Gasteiger partial charge in [-0.15, -0.1) is 0 Å². The summed E-state index contributed by atoms with van der Waals surface area (Å²) >= 11 is 5.99. The first-order valence-electron chi connectivity index (χ1n) is 7.23. The summed E-state index contributed by atoms with van der Waals surface area (Å²) in [6.07, 6.45) is 4.09. The van der Waals surface area contributed by atoms with Gasteiger partial charge < -0.3 is 10.2 Å². The Balaban J connectivity index is 1.65. The summed E-state index contributed by atoms with van der Waals surface area (Å²) < 4.78 is 0. The number of aromatic nitrogens is 2. The van der Waals surface area contributed by atoms with Crippen molar-refractivity contribution in [1.82, 2.24) is 20.2 Å².